The summed E-state index contributed by atoms with van der Waals surface area (Å²) in [6.45, 7) is 4.42. The minimum absolute atomic E-state index is 0.221. The summed E-state index contributed by atoms with van der Waals surface area (Å²) < 4.78 is 5.38. The molecular formula is C25H27ClN6O3. The van der Waals surface area contributed by atoms with Crippen LogP contribution in [0.1, 0.15) is 5.56 Å². The maximum atomic E-state index is 12.5. The molecular weight excluding hydrogens is 468 g/mol. The Morgan fingerprint density at radius 2 is 1.69 bits per heavy atom. The van der Waals surface area contributed by atoms with Gasteiger partial charge in [0.2, 0.25) is 0 Å². The number of carbonyl (C=O) groups is 2. The number of carbonyl (C=O) groups excluding carboxylic acids is 2. The van der Waals surface area contributed by atoms with E-state index in [1.807, 2.05) is 43.3 Å². The molecule has 182 valence electrons. The maximum absolute atomic E-state index is 12.5. The minimum atomic E-state index is -0.353. The fraction of sp³-hybridized carbons (Fsp3) is 0.240. The highest BCUT2D eigenvalue weighted by molar-refractivity contribution is 6.33. The lowest BCUT2D eigenvalue weighted by molar-refractivity contribution is 0.208. The van der Waals surface area contributed by atoms with Crippen molar-refractivity contribution in [3.63, 3.8) is 0 Å². The molecule has 0 atom stereocenters. The van der Waals surface area contributed by atoms with Crippen molar-refractivity contribution in [3.05, 3.63) is 71.4 Å². The molecule has 2 heterocycles. The number of ether oxygens (including phenoxy) is 1. The molecule has 0 radical (unpaired) electrons. The number of amides is 4. The van der Waals surface area contributed by atoms with E-state index in [2.05, 4.69) is 25.8 Å². The molecule has 0 unspecified atom stereocenters. The number of piperazine rings is 1. The normalized spacial score (nSPS) is 13.2. The Hall–Kier alpha value is -3.98. The van der Waals surface area contributed by atoms with Gasteiger partial charge in [0.15, 0.2) is 5.82 Å². The van der Waals surface area contributed by atoms with Gasteiger partial charge in [-0.1, -0.05) is 23.7 Å². The van der Waals surface area contributed by atoms with Gasteiger partial charge in [0.05, 0.1) is 17.8 Å². The van der Waals surface area contributed by atoms with Crippen LogP contribution in [0.25, 0.3) is 0 Å². The molecule has 3 aromatic rings. The van der Waals surface area contributed by atoms with Gasteiger partial charge in [0.25, 0.3) is 0 Å². The van der Waals surface area contributed by atoms with Crippen molar-refractivity contribution in [3.8, 4) is 5.75 Å². The molecule has 0 spiro atoms. The molecule has 1 saturated heterocycles. The molecule has 0 aliphatic carbocycles. The Morgan fingerprint density at radius 1 is 0.943 bits per heavy atom. The number of benzene rings is 2. The van der Waals surface area contributed by atoms with Gasteiger partial charge in [-0.2, -0.15) is 0 Å². The number of aryl methyl sites for hydroxylation is 1. The minimum Gasteiger partial charge on any atom is -0.494 e. The summed E-state index contributed by atoms with van der Waals surface area (Å²) >= 11 is 6.08. The fourth-order valence-electron chi connectivity index (χ4n) is 3.89. The summed E-state index contributed by atoms with van der Waals surface area (Å²) in [5.41, 5.74) is 3.23. The monoisotopic (exact) mass is 494 g/mol. The molecule has 4 amide bonds. The molecule has 3 N–H and O–H groups in total. The van der Waals surface area contributed by atoms with Crippen LogP contribution in [0.4, 0.5) is 32.5 Å². The number of nitrogens with one attached hydrogen (secondary N) is 3. The molecule has 2 aromatic carbocycles. The molecule has 1 fully saturated rings. The second-order valence-corrected chi connectivity index (χ2v) is 8.43. The zero-order valence-electron chi connectivity index (χ0n) is 19.5. The Labute approximate surface area is 209 Å². The van der Waals surface area contributed by atoms with Crippen LogP contribution < -0.4 is 25.6 Å². The Kier molecular flexibility index (Phi) is 7.57. The fourth-order valence-corrected chi connectivity index (χ4v) is 4.06. The van der Waals surface area contributed by atoms with Crippen LogP contribution in [0.15, 0.2) is 60.8 Å². The number of nitrogens with zero attached hydrogens (tertiary/aromatic N) is 3. The smallest absolute Gasteiger partial charge is 0.323 e. The summed E-state index contributed by atoms with van der Waals surface area (Å²) in [5, 5.41) is 8.82. The van der Waals surface area contributed by atoms with Crippen molar-refractivity contribution >= 4 is 46.5 Å². The van der Waals surface area contributed by atoms with Crippen molar-refractivity contribution in [2.24, 2.45) is 0 Å². The van der Waals surface area contributed by atoms with Crippen molar-refractivity contribution in [2.75, 3.05) is 54.1 Å². The lowest BCUT2D eigenvalue weighted by atomic mass is 10.2. The van der Waals surface area contributed by atoms with E-state index >= 15 is 0 Å². The van der Waals surface area contributed by atoms with Gasteiger partial charge in [-0.3, -0.25) is 5.32 Å². The largest absolute Gasteiger partial charge is 0.494 e. The van der Waals surface area contributed by atoms with E-state index in [0.717, 1.165) is 11.3 Å². The van der Waals surface area contributed by atoms with E-state index in [4.69, 9.17) is 16.3 Å². The average molecular weight is 495 g/mol. The van der Waals surface area contributed by atoms with Crippen molar-refractivity contribution < 1.29 is 14.3 Å². The molecule has 0 saturated carbocycles. The van der Waals surface area contributed by atoms with E-state index in [9.17, 15) is 9.59 Å². The van der Waals surface area contributed by atoms with Crippen LogP contribution in [-0.2, 0) is 0 Å². The van der Waals surface area contributed by atoms with Crippen molar-refractivity contribution in [1.82, 2.24) is 9.88 Å². The van der Waals surface area contributed by atoms with Crippen molar-refractivity contribution in [2.45, 2.75) is 6.92 Å². The second-order valence-electron chi connectivity index (χ2n) is 8.02. The quantitative estimate of drug-likeness (QED) is 0.461. The Bertz CT molecular complexity index is 1200. The van der Waals surface area contributed by atoms with Crippen LogP contribution in [-0.4, -0.2) is 55.2 Å². The number of hydrogen-bond acceptors (Lipinski definition) is 5. The molecule has 1 aromatic heterocycles. The molecule has 4 rings (SSSR count). The summed E-state index contributed by atoms with van der Waals surface area (Å²) in [7, 11) is 1.58. The first-order chi connectivity index (χ1) is 16.9. The SMILES string of the molecule is COc1c(C)cccc1NC(=O)Nc1ccc(N2CCN(C(=O)Nc3ncccc3Cl)CC2)cc1. The van der Waals surface area contributed by atoms with Crippen molar-refractivity contribution in [1.29, 1.82) is 0 Å². The zero-order valence-corrected chi connectivity index (χ0v) is 20.3. The zero-order chi connectivity index (χ0) is 24.8. The molecule has 1 aliphatic rings. The van der Waals surface area contributed by atoms with Crippen LogP contribution in [0, 0.1) is 6.92 Å². The van der Waals surface area contributed by atoms with Crippen LogP contribution in [0.5, 0.6) is 5.75 Å². The molecule has 35 heavy (non-hydrogen) atoms. The topological polar surface area (TPSA) is 98.8 Å². The number of hydrogen-bond donors (Lipinski definition) is 3. The Balaban J connectivity index is 1.29. The van der Waals surface area contributed by atoms with E-state index < -0.39 is 0 Å². The van der Waals surface area contributed by atoms with Gasteiger partial charge in [-0.15, -0.1) is 0 Å². The van der Waals surface area contributed by atoms with E-state index in [-0.39, 0.29) is 12.1 Å². The number of urea groups is 2. The summed E-state index contributed by atoms with van der Waals surface area (Å²) in [6.07, 6.45) is 1.58. The number of anilines is 4. The number of methoxy groups -OCH3 is 1. The third kappa shape index (κ3) is 5.93. The molecule has 10 heteroatoms. The lowest BCUT2D eigenvalue weighted by Gasteiger charge is -2.36. The molecule has 0 bridgehead atoms. The van der Waals surface area contributed by atoms with E-state index in [1.165, 1.54) is 0 Å². The van der Waals surface area contributed by atoms with E-state index in [1.54, 1.807) is 36.4 Å². The van der Waals surface area contributed by atoms with Gasteiger partial charge in [0, 0.05) is 43.8 Å². The highest BCUT2D eigenvalue weighted by Gasteiger charge is 2.22. The Morgan fingerprint density at radius 3 is 2.37 bits per heavy atom. The van der Waals surface area contributed by atoms with Crippen LogP contribution >= 0.6 is 11.6 Å². The van der Waals surface area contributed by atoms with Crippen LogP contribution in [0.3, 0.4) is 0 Å². The first-order valence-electron chi connectivity index (χ1n) is 11.2. The first-order valence-corrected chi connectivity index (χ1v) is 11.6. The molecule has 9 nitrogen and oxygen atoms in total. The first kappa shape index (κ1) is 24.2. The lowest BCUT2D eigenvalue weighted by Crippen LogP contribution is -2.50. The third-order valence-electron chi connectivity index (χ3n) is 5.71. The summed E-state index contributed by atoms with van der Waals surface area (Å²) in [5.74, 6) is 0.989. The highest BCUT2D eigenvalue weighted by Crippen LogP contribution is 2.28. The van der Waals surface area contributed by atoms with Crippen LogP contribution in [0.2, 0.25) is 5.02 Å². The standard InChI is InChI=1S/C25H27ClN6O3/c1-17-5-3-7-21(22(17)35-2)29-24(33)28-18-8-10-19(11-9-18)31-13-15-32(16-14-31)25(34)30-23-20(26)6-4-12-27-23/h3-12H,13-16H2,1-2H3,(H,27,30,34)(H2,28,29,33). The van der Waals surface area contributed by atoms with Gasteiger partial charge < -0.3 is 25.2 Å². The predicted octanol–water partition coefficient (Wildman–Crippen LogP) is 5.05. The summed E-state index contributed by atoms with van der Waals surface area (Å²) in [6, 6.07) is 16.0. The average Bonchev–Trinajstić information content (AvgIpc) is 2.86. The third-order valence-corrected chi connectivity index (χ3v) is 6.01. The number of rotatable bonds is 5. The summed E-state index contributed by atoms with van der Waals surface area (Å²) in [4.78, 5) is 33.0. The second kappa shape index (κ2) is 11.0. The number of pyridine rings is 1. The predicted molar refractivity (Wildman–Crippen MR) is 139 cm³/mol. The number of aromatic nitrogens is 1. The molecule has 1 aliphatic heterocycles. The maximum Gasteiger partial charge on any atom is 0.323 e. The van der Waals surface area contributed by atoms with Gasteiger partial charge in [0.1, 0.15) is 5.75 Å². The van der Waals surface area contributed by atoms with Gasteiger partial charge in [-0.25, -0.2) is 14.6 Å². The highest BCUT2D eigenvalue weighted by atomic mass is 35.5. The number of halogens is 1. The van der Waals surface area contributed by atoms with Gasteiger partial charge in [-0.05, 0) is 55.0 Å². The van der Waals surface area contributed by atoms with Gasteiger partial charge >= 0.3 is 12.1 Å². The van der Waals surface area contributed by atoms with E-state index in [0.29, 0.717) is 54.1 Å². The number of para-hydroxylation sites is 1.